The normalized spacial score (nSPS) is 14.1. The summed E-state index contributed by atoms with van der Waals surface area (Å²) in [6.45, 7) is 0.473. The van der Waals surface area contributed by atoms with E-state index < -0.39 is 0 Å². The standard InChI is InChI=1S/C23H28N2O4/c1-28-19-12-13-21(29-2)20(14-19)25-23(27)18-10-8-16(9-11-18)15-24-22(26)17-6-4-3-5-7-17/h8-14,17H,3-7,15H2,1-2H3,(H,24,26)(H,25,27). The second kappa shape index (κ2) is 9.96. The Labute approximate surface area is 171 Å². The minimum atomic E-state index is -0.241. The van der Waals surface area contributed by atoms with Crippen molar-refractivity contribution in [2.75, 3.05) is 19.5 Å². The number of methoxy groups -OCH3 is 2. The van der Waals surface area contributed by atoms with Crippen molar-refractivity contribution in [2.45, 2.75) is 38.6 Å². The molecule has 0 heterocycles. The third kappa shape index (κ3) is 5.50. The lowest BCUT2D eigenvalue weighted by atomic mass is 9.88. The van der Waals surface area contributed by atoms with Gasteiger partial charge in [0.1, 0.15) is 11.5 Å². The maximum Gasteiger partial charge on any atom is 0.255 e. The molecule has 1 aliphatic carbocycles. The molecule has 2 amide bonds. The molecule has 1 aliphatic rings. The molecule has 0 aliphatic heterocycles. The number of amides is 2. The van der Waals surface area contributed by atoms with Gasteiger partial charge < -0.3 is 20.1 Å². The summed E-state index contributed by atoms with van der Waals surface area (Å²) in [5.74, 6) is 1.23. The lowest BCUT2D eigenvalue weighted by molar-refractivity contribution is -0.126. The topological polar surface area (TPSA) is 76.7 Å². The summed E-state index contributed by atoms with van der Waals surface area (Å²) in [7, 11) is 3.12. The lowest BCUT2D eigenvalue weighted by Crippen LogP contribution is -2.31. The van der Waals surface area contributed by atoms with E-state index in [0.29, 0.717) is 29.3 Å². The molecular weight excluding hydrogens is 368 g/mol. The minimum absolute atomic E-state index is 0.136. The number of benzene rings is 2. The molecule has 2 aromatic carbocycles. The van der Waals surface area contributed by atoms with Gasteiger partial charge in [-0.2, -0.15) is 0 Å². The maximum atomic E-state index is 12.6. The molecule has 0 bridgehead atoms. The summed E-state index contributed by atoms with van der Waals surface area (Å²) < 4.78 is 10.5. The van der Waals surface area contributed by atoms with Gasteiger partial charge in [0.25, 0.3) is 5.91 Å². The Morgan fingerprint density at radius 3 is 2.34 bits per heavy atom. The van der Waals surface area contributed by atoms with Crippen molar-refractivity contribution in [3.63, 3.8) is 0 Å². The van der Waals surface area contributed by atoms with Gasteiger partial charge in [-0.15, -0.1) is 0 Å². The molecule has 0 spiro atoms. The van der Waals surface area contributed by atoms with E-state index >= 15 is 0 Å². The van der Waals surface area contributed by atoms with E-state index in [0.717, 1.165) is 31.2 Å². The van der Waals surface area contributed by atoms with Crippen LogP contribution in [0.4, 0.5) is 5.69 Å². The number of nitrogens with one attached hydrogen (secondary N) is 2. The Morgan fingerprint density at radius 2 is 1.69 bits per heavy atom. The van der Waals surface area contributed by atoms with Gasteiger partial charge in [-0.25, -0.2) is 0 Å². The predicted octanol–water partition coefficient (Wildman–Crippen LogP) is 4.15. The fraction of sp³-hybridized carbons (Fsp3) is 0.391. The van der Waals surface area contributed by atoms with E-state index in [9.17, 15) is 9.59 Å². The second-order valence-electron chi connectivity index (χ2n) is 7.27. The van der Waals surface area contributed by atoms with Gasteiger partial charge in [-0.1, -0.05) is 31.4 Å². The molecule has 0 unspecified atom stereocenters. The van der Waals surface area contributed by atoms with E-state index in [2.05, 4.69) is 10.6 Å². The molecule has 154 valence electrons. The highest BCUT2D eigenvalue weighted by Crippen LogP contribution is 2.29. The van der Waals surface area contributed by atoms with Gasteiger partial charge in [0.15, 0.2) is 0 Å². The molecule has 1 saturated carbocycles. The molecule has 1 fully saturated rings. The third-order valence-electron chi connectivity index (χ3n) is 5.31. The van der Waals surface area contributed by atoms with Crippen molar-refractivity contribution < 1.29 is 19.1 Å². The Balaban J connectivity index is 1.58. The smallest absolute Gasteiger partial charge is 0.255 e. The number of carbonyl (C=O) groups is 2. The summed E-state index contributed by atoms with van der Waals surface area (Å²) in [6.07, 6.45) is 5.48. The van der Waals surface area contributed by atoms with Crippen LogP contribution in [0, 0.1) is 5.92 Å². The number of hydrogen-bond acceptors (Lipinski definition) is 4. The maximum absolute atomic E-state index is 12.6. The van der Waals surface area contributed by atoms with Crippen molar-refractivity contribution in [1.82, 2.24) is 5.32 Å². The van der Waals surface area contributed by atoms with E-state index in [4.69, 9.17) is 9.47 Å². The minimum Gasteiger partial charge on any atom is -0.497 e. The molecule has 0 saturated heterocycles. The average Bonchev–Trinajstić information content (AvgIpc) is 2.78. The van der Waals surface area contributed by atoms with E-state index in [1.807, 2.05) is 12.1 Å². The van der Waals surface area contributed by atoms with Crippen LogP contribution >= 0.6 is 0 Å². The molecule has 6 heteroatoms. The van der Waals surface area contributed by atoms with Crippen molar-refractivity contribution in [3.8, 4) is 11.5 Å². The van der Waals surface area contributed by atoms with E-state index in [1.165, 1.54) is 6.42 Å². The summed E-state index contributed by atoms with van der Waals surface area (Å²) in [5.41, 5.74) is 2.03. The van der Waals surface area contributed by atoms with Crippen molar-refractivity contribution in [2.24, 2.45) is 5.92 Å². The van der Waals surface area contributed by atoms with Crippen LogP contribution in [0.5, 0.6) is 11.5 Å². The van der Waals surface area contributed by atoms with E-state index in [-0.39, 0.29) is 17.7 Å². The van der Waals surface area contributed by atoms with Crippen molar-refractivity contribution >= 4 is 17.5 Å². The highest BCUT2D eigenvalue weighted by atomic mass is 16.5. The molecule has 6 nitrogen and oxygen atoms in total. The van der Waals surface area contributed by atoms with Crippen LogP contribution in [-0.4, -0.2) is 26.0 Å². The molecule has 29 heavy (non-hydrogen) atoms. The zero-order chi connectivity index (χ0) is 20.6. The molecule has 0 radical (unpaired) electrons. The molecule has 2 aromatic rings. The Morgan fingerprint density at radius 1 is 0.966 bits per heavy atom. The first kappa shape index (κ1) is 20.7. The largest absolute Gasteiger partial charge is 0.497 e. The first-order chi connectivity index (χ1) is 14.1. The Hall–Kier alpha value is -3.02. The molecule has 0 atom stereocenters. The molecule has 3 rings (SSSR count). The van der Waals surface area contributed by atoms with Crippen LogP contribution < -0.4 is 20.1 Å². The zero-order valence-electron chi connectivity index (χ0n) is 17.0. The lowest BCUT2D eigenvalue weighted by Gasteiger charge is -2.20. The van der Waals surface area contributed by atoms with Crippen molar-refractivity contribution in [3.05, 3.63) is 53.6 Å². The third-order valence-corrected chi connectivity index (χ3v) is 5.31. The van der Waals surface area contributed by atoms with Crippen LogP contribution in [0.1, 0.15) is 48.0 Å². The van der Waals surface area contributed by atoms with Crippen LogP contribution in [0.2, 0.25) is 0 Å². The van der Waals surface area contributed by atoms with Crippen LogP contribution in [-0.2, 0) is 11.3 Å². The predicted molar refractivity (Wildman–Crippen MR) is 112 cm³/mol. The van der Waals surface area contributed by atoms with E-state index in [1.54, 1.807) is 44.6 Å². The Bertz CT molecular complexity index is 842. The number of rotatable bonds is 7. The fourth-order valence-electron chi connectivity index (χ4n) is 3.58. The SMILES string of the molecule is COc1ccc(OC)c(NC(=O)c2ccc(CNC(=O)C3CCCCC3)cc2)c1. The summed E-state index contributed by atoms with van der Waals surface area (Å²) in [4.78, 5) is 24.9. The van der Waals surface area contributed by atoms with Gasteiger partial charge in [-0.3, -0.25) is 9.59 Å². The average molecular weight is 396 g/mol. The number of carbonyl (C=O) groups excluding carboxylic acids is 2. The highest BCUT2D eigenvalue weighted by Gasteiger charge is 2.20. The van der Waals surface area contributed by atoms with Crippen LogP contribution in [0.3, 0.4) is 0 Å². The summed E-state index contributed by atoms with van der Waals surface area (Å²) in [6, 6.07) is 12.5. The zero-order valence-corrected chi connectivity index (χ0v) is 17.0. The number of ether oxygens (including phenoxy) is 2. The molecular formula is C23H28N2O4. The number of hydrogen-bond donors (Lipinski definition) is 2. The highest BCUT2D eigenvalue weighted by molar-refractivity contribution is 6.05. The van der Waals surface area contributed by atoms with Crippen LogP contribution in [0.15, 0.2) is 42.5 Å². The first-order valence-corrected chi connectivity index (χ1v) is 10.0. The first-order valence-electron chi connectivity index (χ1n) is 10.0. The monoisotopic (exact) mass is 396 g/mol. The van der Waals surface area contributed by atoms with Crippen molar-refractivity contribution in [1.29, 1.82) is 0 Å². The summed E-state index contributed by atoms with van der Waals surface area (Å²) >= 11 is 0. The fourth-order valence-corrected chi connectivity index (χ4v) is 3.58. The van der Waals surface area contributed by atoms with Gasteiger partial charge in [0.05, 0.1) is 19.9 Å². The van der Waals surface area contributed by atoms with Gasteiger partial charge >= 0.3 is 0 Å². The molecule has 2 N–H and O–H groups in total. The van der Waals surface area contributed by atoms with Gasteiger partial charge in [-0.05, 0) is 42.7 Å². The number of anilines is 1. The quantitative estimate of drug-likeness (QED) is 0.737. The van der Waals surface area contributed by atoms with Gasteiger partial charge in [0, 0.05) is 24.1 Å². The Kier molecular flexibility index (Phi) is 7.11. The second-order valence-corrected chi connectivity index (χ2v) is 7.27. The van der Waals surface area contributed by atoms with Gasteiger partial charge in [0.2, 0.25) is 5.91 Å². The summed E-state index contributed by atoms with van der Waals surface area (Å²) in [5, 5.41) is 5.87. The van der Waals surface area contributed by atoms with Crippen LogP contribution in [0.25, 0.3) is 0 Å². The molecule has 0 aromatic heterocycles.